The molecule has 0 atom stereocenters. The minimum atomic E-state index is 0.0392. The lowest BCUT2D eigenvalue weighted by atomic mass is 9.86. The fourth-order valence-corrected chi connectivity index (χ4v) is 1.30. The monoisotopic (exact) mass is 204 g/mol. The summed E-state index contributed by atoms with van der Waals surface area (Å²) in [7, 11) is 0. The van der Waals surface area contributed by atoms with Gasteiger partial charge in [0.05, 0.1) is 0 Å². The molecule has 0 saturated heterocycles. The maximum absolute atomic E-state index is 10.2. The standard InChI is InChI=1S/C13H16O2/c1-13(2,3)11-6-7-12(15)10(9-11)5-4-8-14/h4-9,15H,1-3H3. The van der Waals surface area contributed by atoms with Crippen molar-refractivity contribution < 1.29 is 9.90 Å². The van der Waals surface area contributed by atoms with E-state index in [-0.39, 0.29) is 11.2 Å². The van der Waals surface area contributed by atoms with E-state index in [9.17, 15) is 9.90 Å². The molecule has 0 aromatic heterocycles. The molecule has 80 valence electrons. The Morgan fingerprint density at radius 2 is 1.93 bits per heavy atom. The van der Waals surface area contributed by atoms with Crippen molar-refractivity contribution in [2.45, 2.75) is 26.2 Å². The molecule has 2 nitrogen and oxygen atoms in total. The lowest BCUT2D eigenvalue weighted by Crippen LogP contribution is -2.10. The highest BCUT2D eigenvalue weighted by Gasteiger charge is 2.14. The molecule has 1 aromatic rings. The molecule has 0 amide bonds. The van der Waals surface area contributed by atoms with E-state index in [0.717, 1.165) is 5.56 Å². The van der Waals surface area contributed by atoms with Crippen molar-refractivity contribution in [3.63, 3.8) is 0 Å². The van der Waals surface area contributed by atoms with Gasteiger partial charge in [-0.2, -0.15) is 0 Å². The number of aldehydes is 1. The normalized spacial score (nSPS) is 11.9. The van der Waals surface area contributed by atoms with Crippen LogP contribution in [0, 0.1) is 0 Å². The number of rotatable bonds is 2. The van der Waals surface area contributed by atoms with E-state index >= 15 is 0 Å². The van der Waals surface area contributed by atoms with Crippen LogP contribution in [0.25, 0.3) is 6.08 Å². The molecule has 0 aliphatic rings. The van der Waals surface area contributed by atoms with Crippen molar-refractivity contribution in [2.75, 3.05) is 0 Å². The summed E-state index contributed by atoms with van der Waals surface area (Å²) in [6.07, 6.45) is 3.68. The highest BCUT2D eigenvalue weighted by atomic mass is 16.3. The SMILES string of the molecule is CC(C)(C)c1ccc(O)c(C=CC=O)c1. The number of carbonyl (C=O) groups is 1. The zero-order valence-corrected chi connectivity index (χ0v) is 9.32. The third kappa shape index (κ3) is 2.94. The van der Waals surface area contributed by atoms with E-state index in [1.54, 1.807) is 12.1 Å². The van der Waals surface area contributed by atoms with Crippen LogP contribution in [0.15, 0.2) is 24.3 Å². The Balaban J connectivity index is 3.16. The van der Waals surface area contributed by atoms with Gasteiger partial charge in [-0.05, 0) is 35.3 Å². The fourth-order valence-electron chi connectivity index (χ4n) is 1.30. The van der Waals surface area contributed by atoms with Gasteiger partial charge in [0.1, 0.15) is 12.0 Å². The summed E-state index contributed by atoms with van der Waals surface area (Å²) in [6.45, 7) is 6.31. The van der Waals surface area contributed by atoms with Crippen molar-refractivity contribution in [3.8, 4) is 5.75 Å². The van der Waals surface area contributed by atoms with E-state index < -0.39 is 0 Å². The molecule has 1 N–H and O–H groups in total. The third-order valence-corrected chi connectivity index (χ3v) is 2.25. The van der Waals surface area contributed by atoms with Crippen LogP contribution in [0.2, 0.25) is 0 Å². The second-order valence-electron chi connectivity index (χ2n) is 4.52. The summed E-state index contributed by atoms with van der Waals surface area (Å²) in [5.41, 5.74) is 1.85. The molecule has 15 heavy (non-hydrogen) atoms. The maximum atomic E-state index is 10.2. The average molecular weight is 204 g/mol. The van der Waals surface area contributed by atoms with Gasteiger partial charge in [0.2, 0.25) is 0 Å². The Kier molecular flexibility index (Phi) is 3.30. The maximum Gasteiger partial charge on any atom is 0.142 e. The number of aromatic hydroxyl groups is 1. The van der Waals surface area contributed by atoms with Gasteiger partial charge in [-0.25, -0.2) is 0 Å². The summed E-state index contributed by atoms with van der Waals surface area (Å²) in [6, 6.07) is 5.45. The third-order valence-electron chi connectivity index (χ3n) is 2.25. The van der Waals surface area contributed by atoms with Crippen LogP contribution in [0.4, 0.5) is 0 Å². The molecule has 0 bridgehead atoms. The quantitative estimate of drug-likeness (QED) is 0.594. The first kappa shape index (κ1) is 11.5. The highest BCUT2D eigenvalue weighted by Crippen LogP contribution is 2.27. The van der Waals surface area contributed by atoms with Gasteiger partial charge in [-0.15, -0.1) is 0 Å². The number of phenols is 1. The van der Waals surface area contributed by atoms with Gasteiger partial charge in [0.15, 0.2) is 0 Å². The highest BCUT2D eigenvalue weighted by molar-refractivity contribution is 5.75. The van der Waals surface area contributed by atoms with Crippen molar-refractivity contribution >= 4 is 12.4 Å². The fraction of sp³-hybridized carbons (Fsp3) is 0.308. The molecule has 2 heteroatoms. The molecule has 0 unspecified atom stereocenters. The molecule has 0 fully saturated rings. The zero-order valence-electron chi connectivity index (χ0n) is 9.32. The van der Waals surface area contributed by atoms with Crippen LogP contribution in [-0.4, -0.2) is 11.4 Å². The number of allylic oxidation sites excluding steroid dienone is 1. The van der Waals surface area contributed by atoms with Crippen LogP contribution < -0.4 is 0 Å². The molecule has 0 radical (unpaired) electrons. The van der Waals surface area contributed by atoms with Crippen LogP contribution >= 0.6 is 0 Å². The average Bonchev–Trinajstić information content (AvgIpc) is 2.15. The Hall–Kier alpha value is -1.57. The topological polar surface area (TPSA) is 37.3 Å². The summed E-state index contributed by atoms with van der Waals surface area (Å²) in [5, 5.41) is 9.56. The molecule has 1 aromatic carbocycles. The van der Waals surface area contributed by atoms with Crippen molar-refractivity contribution in [1.29, 1.82) is 0 Å². The van der Waals surface area contributed by atoms with Crippen LogP contribution in [-0.2, 0) is 10.2 Å². The summed E-state index contributed by atoms with van der Waals surface area (Å²) >= 11 is 0. The predicted octanol–water partition coefficient (Wildman–Crippen LogP) is 2.90. The molecular weight excluding hydrogens is 188 g/mol. The summed E-state index contributed by atoms with van der Waals surface area (Å²) in [5.74, 6) is 0.195. The van der Waals surface area contributed by atoms with Crippen molar-refractivity contribution in [3.05, 3.63) is 35.4 Å². The smallest absolute Gasteiger partial charge is 0.142 e. The second kappa shape index (κ2) is 4.30. The van der Waals surface area contributed by atoms with Gasteiger partial charge in [0, 0.05) is 5.56 Å². The predicted molar refractivity (Wildman–Crippen MR) is 61.9 cm³/mol. The Bertz CT molecular complexity index is 384. The lowest BCUT2D eigenvalue weighted by Gasteiger charge is -2.19. The number of hydrogen-bond donors (Lipinski definition) is 1. The molecule has 0 spiro atoms. The minimum absolute atomic E-state index is 0.0392. The first-order valence-corrected chi connectivity index (χ1v) is 4.90. The van der Waals surface area contributed by atoms with Crippen LogP contribution in [0.5, 0.6) is 5.75 Å². The Labute approximate surface area is 90.3 Å². The van der Waals surface area contributed by atoms with E-state index in [2.05, 4.69) is 20.8 Å². The lowest BCUT2D eigenvalue weighted by molar-refractivity contribution is -0.104. The van der Waals surface area contributed by atoms with Gasteiger partial charge >= 0.3 is 0 Å². The number of hydrogen-bond acceptors (Lipinski definition) is 2. The van der Waals surface area contributed by atoms with E-state index in [1.165, 1.54) is 6.08 Å². The molecule has 0 aliphatic carbocycles. The summed E-state index contributed by atoms with van der Waals surface area (Å²) in [4.78, 5) is 10.2. The Morgan fingerprint density at radius 1 is 1.27 bits per heavy atom. The van der Waals surface area contributed by atoms with Crippen LogP contribution in [0.3, 0.4) is 0 Å². The summed E-state index contributed by atoms with van der Waals surface area (Å²) < 4.78 is 0. The zero-order chi connectivity index (χ0) is 11.5. The minimum Gasteiger partial charge on any atom is -0.507 e. The number of carbonyl (C=O) groups excluding carboxylic acids is 1. The largest absolute Gasteiger partial charge is 0.507 e. The molecule has 0 saturated carbocycles. The van der Waals surface area contributed by atoms with E-state index in [0.29, 0.717) is 11.8 Å². The first-order valence-electron chi connectivity index (χ1n) is 4.90. The molecular formula is C13H16O2. The van der Waals surface area contributed by atoms with Gasteiger partial charge in [0.25, 0.3) is 0 Å². The van der Waals surface area contributed by atoms with E-state index in [1.807, 2.05) is 12.1 Å². The van der Waals surface area contributed by atoms with Gasteiger partial charge < -0.3 is 5.11 Å². The number of benzene rings is 1. The van der Waals surface area contributed by atoms with Gasteiger partial charge in [-0.3, -0.25) is 4.79 Å². The first-order chi connectivity index (χ1) is 6.95. The molecule has 0 aliphatic heterocycles. The van der Waals surface area contributed by atoms with Gasteiger partial charge in [-0.1, -0.05) is 26.8 Å². The van der Waals surface area contributed by atoms with Crippen molar-refractivity contribution in [1.82, 2.24) is 0 Å². The van der Waals surface area contributed by atoms with Crippen LogP contribution in [0.1, 0.15) is 31.9 Å². The number of phenolic OH excluding ortho intramolecular Hbond substituents is 1. The van der Waals surface area contributed by atoms with E-state index in [4.69, 9.17) is 0 Å². The van der Waals surface area contributed by atoms with Crippen molar-refractivity contribution in [2.24, 2.45) is 0 Å². The molecule has 1 rings (SSSR count). The second-order valence-corrected chi connectivity index (χ2v) is 4.52. The Morgan fingerprint density at radius 3 is 2.47 bits per heavy atom. The molecule has 0 heterocycles.